The predicted molar refractivity (Wildman–Crippen MR) is 163 cm³/mol. The number of benzene rings is 1. The van der Waals surface area contributed by atoms with Crippen LogP contribution in [0.5, 0.6) is 0 Å². The van der Waals surface area contributed by atoms with Gasteiger partial charge in [-0.2, -0.15) is 5.10 Å². The van der Waals surface area contributed by atoms with Gasteiger partial charge in [0, 0.05) is 60.8 Å². The molecule has 0 bridgehead atoms. The van der Waals surface area contributed by atoms with Crippen LogP contribution in [0.15, 0.2) is 35.4 Å². The summed E-state index contributed by atoms with van der Waals surface area (Å²) in [4.78, 5) is 40.9. The minimum Gasteiger partial charge on any atom is -0.444 e. The summed E-state index contributed by atoms with van der Waals surface area (Å²) in [7, 11) is 1.86. The average molecular weight is 577 g/mol. The van der Waals surface area contributed by atoms with Gasteiger partial charge in [0.2, 0.25) is 0 Å². The second-order valence-electron chi connectivity index (χ2n) is 12.4. The lowest BCUT2D eigenvalue weighted by atomic mass is 9.90. The van der Waals surface area contributed by atoms with Crippen molar-refractivity contribution in [1.29, 1.82) is 0 Å². The van der Waals surface area contributed by atoms with E-state index in [4.69, 9.17) is 4.74 Å². The second-order valence-corrected chi connectivity index (χ2v) is 12.4. The highest BCUT2D eigenvalue weighted by molar-refractivity contribution is 5.97. The first-order valence-electron chi connectivity index (χ1n) is 14.6. The minimum absolute atomic E-state index is 0.105. The number of alkyl carbamates (subject to hydrolysis) is 1. The van der Waals surface area contributed by atoms with Crippen LogP contribution in [0, 0.1) is 20.8 Å². The lowest BCUT2D eigenvalue weighted by molar-refractivity contribution is 0.0489. The highest BCUT2D eigenvalue weighted by Crippen LogP contribution is 2.27. The molecule has 1 aromatic carbocycles. The Hall–Kier alpha value is -3.92. The third-order valence-corrected chi connectivity index (χ3v) is 7.75. The molecule has 10 nitrogen and oxygen atoms in total. The van der Waals surface area contributed by atoms with Crippen LogP contribution in [0.2, 0.25) is 0 Å². The van der Waals surface area contributed by atoms with Crippen LogP contribution in [-0.2, 0) is 24.9 Å². The van der Waals surface area contributed by atoms with Gasteiger partial charge in [0.05, 0.1) is 6.20 Å². The number of hydrogen-bond acceptors (Lipinski definition) is 6. The molecular weight excluding hydrogens is 532 g/mol. The lowest BCUT2D eigenvalue weighted by Gasteiger charge is -2.31. The quantitative estimate of drug-likeness (QED) is 0.311. The molecular formula is C32H44N6O4. The van der Waals surface area contributed by atoms with Gasteiger partial charge in [-0.25, -0.2) is 4.79 Å². The standard InChI is InChI=1S/C32H44N6O4/c1-19-12-20(2)36-30(40)28(19)17-34-29(39)27-14-22(24-16-35-38(7)18-24)13-23(21(27)3)15-33-25-8-10-26(11-9-25)37-31(41)42-32(4,5)6/h12-14,16,18,25-26,33H,8-11,15,17H2,1-7H3,(H,34,39)(H,36,40)(H,37,41). The SMILES string of the molecule is Cc1cc(C)c(CNC(=O)c2cc(-c3cnn(C)c3)cc(CNC3CCC(NC(=O)OC(C)(C)C)CC3)c2C)c(=O)[nH]1. The number of carbonyl (C=O) groups excluding carboxylic acids is 2. The molecule has 2 aromatic heterocycles. The number of pyridine rings is 1. The maximum atomic E-state index is 13.5. The van der Waals surface area contributed by atoms with Crippen LogP contribution < -0.4 is 21.5 Å². The Kier molecular flexibility index (Phi) is 9.56. The molecule has 2 heterocycles. The highest BCUT2D eigenvalue weighted by Gasteiger charge is 2.25. The Balaban J connectivity index is 1.46. The van der Waals surface area contributed by atoms with Gasteiger partial charge < -0.3 is 25.7 Å². The Morgan fingerprint density at radius 2 is 1.71 bits per heavy atom. The molecule has 10 heteroatoms. The molecule has 0 radical (unpaired) electrons. The molecule has 4 rings (SSSR count). The van der Waals surface area contributed by atoms with E-state index in [9.17, 15) is 14.4 Å². The number of H-pyrrole nitrogens is 1. The molecule has 1 saturated carbocycles. The molecule has 0 atom stereocenters. The molecule has 3 aromatic rings. The summed E-state index contributed by atoms with van der Waals surface area (Å²) in [6, 6.07) is 6.32. The van der Waals surface area contributed by atoms with Crippen molar-refractivity contribution in [3.05, 3.63) is 74.5 Å². The predicted octanol–water partition coefficient (Wildman–Crippen LogP) is 4.56. The molecule has 0 spiro atoms. The van der Waals surface area contributed by atoms with Crippen molar-refractivity contribution < 1.29 is 14.3 Å². The van der Waals surface area contributed by atoms with E-state index in [1.165, 1.54) is 0 Å². The van der Waals surface area contributed by atoms with Crippen LogP contribution >= 0.6 is 0 Å². The molecule has 0 saturated heterocycles. The number of rotatable bonds is 8. The van der Waals surface area contributed by atoms with E-state index in [0.717, 1.165) is 59.2 Å². The summed E-state index contributed by atoms with van der Waals surface area (Å²) in [6.45, 7) is 12.0. The van der Waals surface area contributed by atoms with Crippen LogP contribution in [0.4, 0.5) is 4.79 Å². The van der Waals surface area contributed by atoms with Gasteiger partial charge in [-0.3, -0.25) is 14.3 Å². The van der Waals surface area contributed by atoms with E-state index in [0.29, 0.717) is 23.7 Å². The molecule has 0 aliphatic heterocycles. The summed E-state index contributed by atoms with van der Waals surface area (Å²) in [5, 5.41) is 13.9. The number of aryl methyl sites for hydroxylation is 3. The summed E-state index contributed by atoms with van der Waals surface area (Å²) in [5.41, 5.74) is 5.80. The number of amides is 2. The molecule has 0 unspecified atom stereocenters. The van der Waals surface area contributed by atoms with Crippen molar-refractivity contribution in [2.75, 3.05) is 0 Å². The van der Waals surface area contributed by atoms with Crippen molar-refractivity contribution in [1.82, 2.24) is 30.7 Å². The van der Waals surface area contributed by atoms with Gasteiger partial charge in [0.15, 0.2) is 0 Å². The van der Waals surface area contributed by atoms with Gasteiger partial charge >= 0.3 is 6.09 Å². The summed E-state index contributed by atoms with van der Waals surface area (Å²) < 4.78 is 7.14. The van der Waals surface area contributed by atoms with Crippen molar-refractivity contribution in [3.8, 4) is 11.1 Å². The zero-order valence-electron chi connectivity index (χ0n) is 25.8. The van der Waals surface area contributed by atoms with Crippen LogP contribution in [0.25, 0.3) is 11.1 Å². The van der Waals surface area contributed by atoms with E-state index in [1.54, 1.807) is 10.9 Å². The fourth-order valence-corrected chi connectivity index (χ4v) is 5.47. The van der Waals surface area contributed by atoms with Crippen molar-refractivity contribution >= 4 is 12.0 Å². The molecule has 4 N–H and O–H groups in total. The summed E-state index contributed by atoms with van der Waals surface area (Å²) >= 11 is 0. The number of aromatic nitrogens is 3. The Bertz CT molecular complexity index is 1490. The number of ether oxygens (including phenoxy) is 1. The third kappa shape index (κ3) is 8.09. The molecule has 1 aliphatic carbocycles. The molecule has 42 heavy (non-hydrogen) atoms. The van der Waals surface area contributed by atoms with E-state index in [2.05, 4.69) is 32.1 Å². The molecule has 226 valence electrons. The number of carbonyl (C=O) groups is 2. The van der Waals surface area contributed by atoms with E-state index in [-0.39, 0.29) is 30.1 Å². The topological polar surface area (TPSA) is 130 Å². The van der Waals surface area contributed by atoms with Crippen molar-refractivity contribution in [3.63, 3.8) is 0 Å². The van der Waals surface area contributed by atoms with Gasteiger partial charge in [-0.15, -0.1) is 0 Å². The maximum absolute atomic E-state index is 13.5. The van der Waals surface area contributed by atoms with Crippen molar-refractivity contribution in [2.45, 2.75) is 98.0 Å². The lowest BCUT2D eigenvalue weighted by Crippen LogP contribution is -2.43. The number of hydrogen-bond donors (Lipinski definition) is 4. The molecule has 2 amide bonds. The fraction of sp³-hybridized carbons (Fsp3) is 0.500. The number of nitrogens with one attached hydrogen (secondary N) is 4. The van der Waals surface area contributed by atoms with Crippen LogP contribution in [0.1, 0.15) is 84.8 Å². The largest absolute Gasteiger partial charge is 0.444 e. The third-order valence-electron chi connectivity index (χ3n) is 7.75. The molecule has 1 aliphatic rings. The van der Waals surface area contributed by atoms with Gasteiger partial charge in [0.25, 0.3) is 11.5 Å². The molecule has 1 fully saturated rings. The monoisotopic (exact) mass is 576 g/mol. The second kappa shape index (κ2) is 12.9. The summed E-state index contributed by atoms with van der Waals surface area (Å²) in [6.07, 6.45) is 6.96. The van der Waals surface area contributed by atoms with Gasteiger partial charge in [-0.1, -0.05) is 0 Å². The van der Waals surface area contributed by atoms with E-state index < -0.39 is 5.60 Å². The van der Waals surface area contributed by atoms with Crippen LogP contribution in [-0.4, -0.2) is 44.4 Å². The Labute approximate surface area is 247 Å². The summed E-state index contributed by atoms with van der Waals surface area (Å²) in [5.74, 6) is -0.229. The zero-order chi connectivity index (χ0) is 30.6. The number of nitrogens with zero attached hydrogens (tertiary/aromatic N) is 2. The minimum atomic E-state index is -0.516. The zero-order valence-corrected chi connectivity index (χ0v) is 25.8. The van der Waals surface area contributed by atoms with Gasteiger partial charge in [-0.05, 0) is 108 Å². The first-order chi connectivity index (χ1) is 19.8. The van der Waals surface area contributed by atoms with E-state index in [1.807, 2.05) is 66.9 Å². The number of aromatic amines is 1. The first kappa shape index (κ1) is 31.0. The Morgan fingerprint density at radius 3 is 2.33 bits per heavy atom. The van der Waals surface area contributed by atoms with Crippen molar-refractivity contribution in [2.24, 2.45) is 7.05 Å². The van der Waals surface area contributed by atoms with Crippen LogP contribution in [0.3, 0.4) is 0 Å². The maximum Gasteiger partial charge on any atom is 0.407 e. The highest BCUT2D eigenvalue weighted by atomic mass is 16.6. The fourth-order valence-electron chi connectivity index (χ4n) is 5.47. The van der Waals surface area contributed by atoms with E-state index >= 15 is 0 Å². The smallest absolute Gasteiger partial charge is 0.407 e. The first-order valence-corrected chi connectivity index (χ1v) is 14.6. The van der Waals surface area contributed by atoms with Gasteiger partial charge in [0.1, 0.15) is 5.60 Å². The Morgan fingerprint density at radius 1 is 1.02 bits per heavy atom. The normalized spacial score (nSPS) is 17.1. The average Bonchev–Trinajstić information content (AvgIpc) is 3.33.